The monoisotopic (exact) mass is 691 g/mol. The molecular formula is C43H65NO6. The van der Waals surface area contributed by atoms with Crippen molar-refractivity contribution in [3.8, 4) is 0 Å². The van der Waals surface area contributed by atoms with E-state index in [2.05, 4.69) is 53.8 Å². The first-order chi connectivity index (χ1) is 23.2. The number of carboxylic acid groups (broad SMARTS) is 1. The number of carbonyl (C=O) groups excluding carboxylic acids is 3. The van der Waals surface area contributed by atoms with Crippen LogP contribution in [0.2, 0.25) is 0 Å². The third kappa shape index (κ3) is 4.99. The molecule has 1 amide bonds. The number of Topliss-reactive ketones (excluding diaryl/α,β-unsaturated/α-hetero) is 1. The predicted molar refractivity (Wildman–Crippen MR) is 193 cm³/mol. The fraction of sp³-hybridized carbons (Fsp3) is 0.860. The SMILES string of the molecule is CC(C)C1=C2[C@H]3CC[C@@H]4[C@@]5(C)CC[C@H](OC(=O)[C@H]6C[C@@H](C(=O)O)C6(C)C)C(C)(C)[C@@H]5CC[C@@]4(C)[C@]3(C)CC[C@@]2(CCNC(=O)C2CC2)CC1=O. The molecule has 50 heavy (non-hydrogen) atoms. The summed E-state index contributed by atoms with van der Waals surface area (Å²) in [4.78, 5) is 51.8. The average Bonchev–Trinajstić information content (AvgIpc) is 3.81. The van der Waals surface area contributed by atoms with Crippen molar-refractivity contribution in [3.63, 3.8) is 0 Å². The number of ether oxygens (including phenoxy) is 1. The van der Waals surface area contributed by atoms with Crippen molar-refractivity contribution in [2.45, 2.75) is 152 Å². The smallest absolute Gasteiger partial charge is 0.309 e. The molecule has 0 unspecified atom stereocenters. The van der Waals surface area contributed by atoms with Crippen LogP contribution < -0.4 is 5.32 Å². The van der Waals surface area contributed by atoms with E-state index < -0.39 is 17.3 Å². The molecule has 7 rings (SSSR count). The molecule has 0 aliphatic heterocycles. The third-order valence-electron chi connectivity index (χ3n) is 17.5. The van der Waals surface area contributed by atoms with Crippen LogP contribution in [-0.4, -0.2) is 41.4 Å². The Labute approximate surface area is 300 Å². The van der Waals surface area contributed by atoms with E-state index in [9.17, 15) is 24.3 Å². The van der Waals surface area contributed by atoms with Gasteiger partial charge in [0, 0.05) is 29.7 Å². The summed E-state index contributed by atoms with van der Waals surface area (Å²) in [6.07, 6.45) is 12.3. The zero-order chi connectivity index (χ0) is 36.4. The van der Waals surface area contributed by atoms with Gasteiger partial charge in [0.1, 0.15) is 6.10 Å². The Morgan fingerprint density at radius 2 is 1.52 bits per heavy atom. The summed E-state index contributed by atoms with van der Waals surface area (Å²) in [5.74, 6) is 0.455. The maximum atomic E-state index is 13.9. The second kappa shape index (κ2) is 11.7. The van der Waals surface area contributed by atoms with Gasteiger partial charge in [0.05, 0.1) is 11.8 Å². The number of rotatable bonds is 8. The van der Waals surface area contributed by atoms with Crippen molar-refractivity contribution < 1.29 is 29.0 Å². The highest BCUT2D eigenvalue weighted by Gasteiger charge is 2.70. The Morgan fingerprint density at radius 3 is 2.14 bits per heavy atom. The number of aliphatic carboxylic acids is 1. The molecule has 278 valence electrons. The number of ketones is 1. The van der Waals surface area contributed by atoms with Gasteiger partial charge in [0.2, 0.25) is 5.91 Å². The maximum Gasteiger partial charge on any atom is 0.309 e. The quantitative estimate of drug-likeness (QED) is 0.247. The number of fused-ring (bicyclic) bond motifs is 7. The van der Waals surface area contributed by atoms with Gasteiger partial charge in [-0.3, -0.25) is 19.2 Å². The summed E-state index contributed by atoms with van der Waals surface area (Å²) in [6.45, 7) is 21.3. The van der Waals surface area contributed by atoms with E-state index in [-0.39, 0.29) is 62.8 Å². The van der Waals surface area contributed by atoms with Crippen LogP contribution in [0.25, 0.3) is 0 Å². The molecular weight excluding hydrogens is 626 g/mol. The summed E-state index contributed by atoms with van der Waals surface area (Å²) in [7, 11) is 0. The molecule has 10 atom stereocenters. The minimum absolute atomic E-state index is 0.0920. The molecule has 0 heterocycles. The number of allylic oxidation sites excluding steroid dienone is 2. The van der Waals surface area contributed by atoms with Gasteiger partial charge in [0.25, 0.3) is 0 Å². The van der Waals surface area contributed by atoms with Gasteiger partial charge < -0.3 is 15.2 Å². The molecule has 2 N–H and O–H groups in total. The summed E-state index contributed by atoms with van der Waals surface area (Å²) in [5, 5.41) is 12.9. The number of carboxylic acids is 1. The normalized spacial score (nSPS) is 44.3. The number of hydrogen-bond donors (Lipinski definition) is 2. The fourth-order valence-corrected chi connectivity index (χ4v) is 14.1. The van der Waals surface area contributed by atoms with Crippen molar-refractivity contribution in [3.05, 3.63) is 11.1 Å². The molecule has 6 fully saturated rings. The number of carbonyl (C=O) groups is 4. The number of esters is 1. The number of hydrogen-bond acceptors (Lipinski definition) is 5. The molecule has 6 saturated carbocycles. The molecule has 0 saturated heterocycles. The molecule has 0 spiro atoms. The lowest BCUT2D eigenvalue weighted by Crippen LogP contribution is -2.66. The molecule has 7 heteroatoms. The van der Waals surface area contributed by atoms with E-state index in [1.165, 1.54) is 5.57 Å². The fourth-order valence-electron chi connectivity index (χ4n) is 14.1. The molecule has 0 bridgehead atoms. The summed E-state index contributed by atoms with van der Waals surface area (Å²) < 4.78 is 6.41. The number of nitrogens with one attached hydrogen (secondary N) is 1. The first kappa shape index (κ1) is 36.2. The van der Waals surface area contributed by atoms with E-state index in [0.717, 1.165) is 76.2 Å². The van der Waals surface area contributed by atoms with Gasteiger partial charge in [-0.15, -0.1) is 0 Å². The molecule has 0 aromatic rings. The van der Waals surface area contributed by atoms with E-state index in [4.69, 9.17) is 4.74 Å². The standard InChI is InChI=1S/C43H65NO6/c1-24(2)33-29(45)23-43(20-21-44-35(46)25-10-11-25)19-18-41(8)26(34(33)43)12-13-31-40(7)16-15-32(39(5,6)30(40)14-17-42(31,41)9)50-37(49)28-22-27(36(47)48)38(28,3)4/h24-28,30-32H,10-23H2,1-9H3,(H,44,46)(H,47,48)/t26-,27+,28-,30+,31-,32+,40+,41-,42-,43-/m1/s1. The molecule has 7 aliphatic carbocycles. The first-order valence-corrected chi connectivity index (χ1v) is 20.2. The lowest BCUT2D eigenvalue weighted by molar-refractivity contribution is -0.236. The summed E-state index contributed by atoms with van der Waals surface area (Å²) >= 11 is 0. The third-order valence-corrected chi connectivity index (χ3v) is 17.5. The van der Waals surface area contributed by atoms with Crippen LogP contribution in [0.1, 0.15) is 146 Å². The predicted octanol–water partition coefficient (Wildman–Crippen LogP) is 8.54. The van der Waals surface area contributed by atoms with Gasteiger partial charge in [0.15, 0.2) is 5.78 Å². The topological polar surface area (TPSA) is 110 Å². The Kier molecular flexibility index (Phi) is 8.44. The lowest BCUT2D eigenvalue weighted by Gasteiger charge is -2.72. The van der Waals surface area contributed by atoms with Gasteiger partial charge in [-0.1, -0.05) is 67.9 Å². The van der Waals surface area contributed by atoms with E-state index in [1.54, 1.807) is 0 Å². The van der Waals surface area contributed by atoms with Crippen LogP contribution in [0.15, 0.2) is 11.1 Å². The first-order valence-electron chi connectivity index (χ1n) is 20.2. The van der Waals surface area contributed by atoms with Crippen molar-refractivity contribution in [2.24, 2.45) is 73.9 Å². The molecule has 7 nitrogen and oxygen atoms in total. The Morgan fingerprint density at radius 1 is 0.820 bits per heavy atom. The van der Waals surface area contributed by atoms with Gasteiger partial charge in [-0.2, -0.15) is 0 Å². The highest BCUT2D eigenvalue weighted by molar-refractivity contribution is 6.00. The Balaban J connectivity index is 1.13. The number of amides is 1. The average molecular weight is 692 g/mol. The van der Waals surface area contributed by atoms with Crippen LogP contribution in [0, 0.1) is 73.9 Å². The second-order valence-electron chi connectivity index (χ2n) is 20.6. The molecule has 0 radical (unpaired) electrons. The molecule has 0 aromatic heterocycles. The van der Waals surface area contributed by atoms with Crippen LogP contribution in [-0.2, 0) is 23.9 Å². The largest absolute Gasteiger partial charge is 0.481 e. The van der Waals surface area contributed by atoms with Crippen LogP contribution in [0.3, 0.4) is 0 Å². The zero-order valence-electron chi connectivity index (χ0n) is 32.5. The van der Waals surface area contributed by atoms with E-state index in [1.807, 2.05) is 13.8 Å². The summed E-state index contributed by atoms with van der Waals surface area (Å²) in [5.41, 5.74) is 2.06. The highest BCUT2D eigenvalue weighted by Crippen LogP contribution is 2.77. The Bertz CT molecular complexity index is 1500. The summed E-state index contributed by atoms with van der Waals surface area (Å²) in [6, 6.07) is 0. The highest BCUT2D eigenvalue weighted by atomic mass is 16.5. The maximum absolute atomic E-state index is 13.9. The van der Waals surface area contributed by atoms with Crippen LogP contribution >= 0.6 is 0 Å². The van der Waals surface area contributed by atoms with E-state index >= 15 is 0 Å². The van der Waals surface area contributed by atoms with Gasteiger partial charge >= 0.3 is 11.9 Å². The molecule has 7 aliphatic rings. The van der Waals surface area contributed by atoms with Crippen LogP contribution in [0.5, 0.6) is 0 Å². The van der Waals surface area contributed by atoms with Crippen molar-refractivity contribution in [1.82, 2.24) is 5.32 Å². The van der Waals surface area contributed by atoms with Crippen LogP contribution in [0.4, 0.5) is 0 Å². The van der Waals surface area contributed by atoms with Crippen molar-refractivity contribution in [2.75, 3.05) is 6.54 Å². The van der Waals surface area contributed by atoms with Gasteiger partial charge in [-0.05, 0) is 128 Å². The molecule has 0 aromatic carbocycles. The lowest BCUT2D eigenvalue weighted by atomic mass is 9.33. The van der Waals surface area contributed by atoms with Gasteiger partial charge in [-0.25, -0.2) is 0 Å². The minimum atomic E-state index is -0.821. The minimum Gasteiger partial charge on any atom is -0.481 e. The van der Waals surface area contributed by atoms with E-state index in [0.29, 0.717) is 42.9 Å². The zero-order valence-corrected chi connectivity index (χ0v) is 32.5. The van der Waals surface area contributed by atoms with Crippen molar-refractivity contribution in [1.29, 1.82) is 0 Å². The second-order valence-corrected chi connectivity index (χ2v) is 20.6. The Hall–Kier alpha value is -2.18. The van der Waals surface area contributed by atoms with Crippen molar-refractivity contribution >= 4 is 23.6 Å².